The van der Waals surface area contributed by atoms with Crippen LogP contribution >= 0.6 is 0 Å². The number of Topliss-reactive ketones (excluding diaryl/α,β-unsaturated/α-hetero) is 1. The van der Waals surface area contributed by atoms with E-state index in [-0.39, 0.29) is 41.7 Å². The van der Waals surface area contributed by atoms with Crippen LogP contribution in [0.5, 0.6) is 11.5 Å². The average Bonchev–Trinajstić information content (AvgIpc) is 3.34. The van der Waals surface area contributed by atoms with E-state index in [0.29, 0.717) is 61.2 Å². The summed E-state index contributed by atoms with van der Waals surface area (Å²) < 4.78 is 67.5. The van der Waals surface area contributed by atoms with Crippen molar-refractivity contribution in [2.45, 2.75) is 77.0 Å². The highest BCUT2D eigenvalue weighted by Gasteiger charge is 2.74. The summed E-state index contributed by atoms with van der Waals surface area (Å²) in [5.41, 5.74) is -2.79. The summed E-state index contributed by atoms with van der Waals surface area (Å²) in [6, 6.07) is 8.43. The molecule has 0 heterocycles. The maximum atomic E-state index is 14.6. The lowest BCUT2D eigenvalue weighted by Crippen LogP contribution is -2.67. The quantitative estimate of drug-likeness (QED) is 0.235. The van der Waals surface area contributed by atoms with Crippen LogP contribution in [-0.2, 0) is 16.6 Å². The van der Waals surface area contributed by atoms with E-state index in [1.165, 1.54) is 24.6 Å². The van der Waals surface area contributed by atoms with Gasteiger partial charge in [-0.3, -0.25) is 4.79 Å². The van der Waals surface area contributed by atoms with Crippen LogP contribution in [0.15, 0.2) is 60.2 Å². The molecule has 2 aromatic rings. The largest absolute Gasteiger partial charge is 0.497 e. The first kappa shape index (κ1) is 35.3. The molecule has 6 aliphatic rings. The first-order chi connectivity index (χ1) is 23.5. The van der Waals surface area contributed by atoms with Crippen molar-refractivity contribution in [1.82, 2.24) is 4.31 Å². The minimum Gasteiger partial charge on any atom is -0.497 e. The number of hydrogen-bond acceptors (Lipinski definition) is 7. The van der Waals surface area contributed by atoms with Crippen LogP contribution in [0.25, 0.3) is 0 Å². The maximum Gasteiger partial charge on any atom is 0.211 e. The van der Waals surface area contributed by atoms with Crippen LogP contribution in [0.2, 0.25) is 0 Å². The van der Waals surface area contributed by atoms with Crippen molar-refractivity contribution < 1.29 is 41.7 Å². The number of ether oxygens (including phenoxy) is 2. The van der Waals surface area contributed by atoms with E-state index in [0.717, 1.165) is 24.8 Å². The second kappa shape index (κ2) is 11.7. The Kier molecular flexibility index (Phi) is 8.26. The number of halogens is 2. The van der Waals surface area contributed by atoms with Gasteiger partial charge in [-0.1, -0.05) is 38.1 Å². The van der Waals surface area contributed by atoms with Crippen molar-refractivity contribution in [2.75, 3.05) is 27.0 Å². The molecule has 11 heteroatoms. The van der Waals surface area contributed by atoms with Crippen molar-refractivity contribution in [3.05, 3.63) is 83.0 Å². The second-order valence-corrected chi connectivity index (χ2v) is 18.0. The number of carbonyl (C=O) groups excluding carboxylic acids is 1. The van der Waals surface area contributed by atoms with Gasteiger partial charge < -0.3 is 19.7 Å². The number of carbonyl (C=O) groups is 1. The van der Waals surface area contributed by atoms with Crippen LogP contribution in [-0.4, -0.2) is 67.4 Å². The summed E-state index contributed by atoms with van der Waals surface area (Å²) >= 11 is 0. The minimum absolute atomic E-state index is 0.0169. The molecule has 0 saturated heterocycles. The number of aliphatic hydroxyl groups excluding tert-OH is 1. The Morgan fingerprint density at radius 1 is 0.940 bits per heavy atom. The summed E-state index contributed by atoms with van der Waals surface area (Å²) in [7, 11) is -0.767. The molecule has 2 aromatic carbocycles. The van der Waals surface area contributed by atoms with Crippen LogP contribution < -0.4 is 9.47 Å². The summed E-state index contributed by atoms with van der Waals surface area (Å²) in [6.07, 6.45) is 10.9. The molecule has 1 unspecified atom stereocenters. The first-order valence-electron chi connectivity index (χ1n) is 17.5. The molecule has 0 radical (unpaired) electrons. The van der Waals surface area contributed by atoms with Crippen molar-refractivity contribution in [3.63, 3.8) is 0 Å². The van der Waals surface area contributed by atoms with Crippen molar-refractivity contribution in [1.29, 1.82) is 0 Å². The van der Waals surface area contributed by atoms with Crippen molar-refractivity contribution in [2.24, 2.45) is 33.5 Å². The Hall–Kier alpha value is -3.12. The predicted molar refractivity (Wildman–Crippen MR) is 184 cm³/mol. The molecule has 270 valence electrons. The first-order valence-corrected chi connectivity index (χ1v) is 19.3. The van der Waals surface area contributed by atoms with Gasteiger partial charge in [-0.15, -0.1) is 0 Å². The molecule has 0 aromatic heterocycles. The minimum atomic E-state index is -3.81. The number of sulfonamides is 1. The number of fused-ring (bicyclic) bond motifs is 1. The number of hydrogen-bond donors (Lipinski definition) is 2. The van der Waals surface area contributed by atoms with Gasteiger partial charge in [0.05, 0.1) is 32.2 Å². The predicted octanol–water partition coefficient (Wildman–Crippen LogP) is 6.22. The van der Waals surface area contributed by atoms with Gasteiger partial charge in [0.2, 0.25) is 10.0 Å². The van der Waals surface area contributed by atoms with Gasteiger partial charge in [0.25, 0.3) is 0 Å². The van der Waals surface area contributed by atoms with Gasteiger partial charge in [0, 0.05) is 52.1 Å². The van der Waals surface area contributed by atoms with Crippen LogP contribution in [0.4, 0.5) is 8.78 Å². The molecule has 2 bridgehead atoms. The molecule has 8 nitrogen and oxygen atoms in total. The zero-order chi connectivity index (χ0) is 36.1. The number of ketones is 1. The zero-order valence-corrected chi connectivity index (χ0v) is 30.2. The molecule has 6 aliphatic carbocycles. The monoisotopic (exact) mass is 711 g/mol. The summed E-state index contributed by atoms with van der Waals surface area (Å²) in [4.78, 5) is 14.6. The number of nitrogens with zero attached hydrogens (tertiary/aromatic N) is 1. The van der Waals surface area contributed by atoms with Gasteiger partial charge >= 0.3 is 0 Å². The molecule has 8 rings (SSSR count). The van der Waals surface area contributed by atoms with E-state index in [4.69, 9.17) is 9.47 Å². The molecule has 50 heavy (non-hydrogen) atoms. The number of methoxy groups -OCH3 is 2. The highest BCUT2D eigenvalue weighted by Crippen LogP contribution is 2.78. The summed E-state index contributed by atoms with van der Waals surface area (Å²) in [6.45, 7) is 4.11. The van der Waals surface area contributed by atoms with Crippen LogP contribution in [0.3, 0.4) is 0 Å². The van der Waals surface area contributed by atoms with Gasteiger partial charge in [-0.25, -0.2) is 17.2 Å². The fourth-order valence-electron chi connectivity index (χ4n) is 11.1. The smallest absolute Gasteiger partial charge is 0.211 e. The summed E-state index contributed by atoms with van der Waals surface area (Å²) in [5, 5.41) is 23.7. The Balaban J connectivity index is 1.31. The Morgan fingerprint density at radius 3 is 2.32 bits per heavy atom. The maximum absolute atomic E-state index is 14.6. The Morgan fingerprint density at radius 2 is 1.64 bits per heavy atom. The molecule has 0 aliphatic heterocycles. The third kappa shape index (κ3) is 4.89. The number of allylic oxidation sites excluding steroid dienone is 4. The SMILES string of the molecule is COc1ccc(CN(C[C@]2(O)CC[C@H]3[C@]45C=C[C@@]6(C=C4C(=O)c4ccc(F)c(F)c4)CC(O)CC[C@]6(C)[C@H]5CC[C@@]32C)S(C)(=O)=O)c(OC)c1. The standard InChI is InChI=1S/C39H47F2NO7S/c1-35-13-10-26(43)20-37(35)16-17-39(28(21-37)34(44)24-7-9-29(40)30(41)18-24)32(35)11-14-36(2)33(39)12-15-38(36,45)23-42(50(5,46)47)22-25-6-8-27(48-3)19-31(25)49-4/h6-9,16-19,21,26,32-33,43,45H,10-15,20,22-23H2,1-5H3/t26?,32-,33-,35-,36+,37+,38-,39-/m1/s1. The number of rotatable bonds is 9. The van der Waals surface area contributed by atoms with Gasteiger partial charge in [0.15, 0.2) is 17.4 Å². The highest BCUT2D eigenvalue weighted by molar-refractivity contribution is 7.88. The molecular weight excluding hydrogens is 664 g/mol. The van der Waals surface area contributed by atoms with E-state index >= 15 is 0 Å². The number of benzene rings is 2. The topological polar surface area (TPSA) is 113 Å². The normalized spacial score (nSPS) is 37.2. The molecule has 3 saturated carbocycles. The van der Waals surface area contributed by atoms with E-state index in [9.17, 15) is 32.2 Å². The van der Waals surface area contributed by atoms with E-state index in [2.05, 4.69) is 19.1 Å². The van der Waals surface area contributed by atoms with Crippen LogP contribution in [0, 0.1) is 45.1 Å². The third-order valence-electron chi connectivity index (χ3n) is 13.9. The van der Waals surface area contributed by atoms with Crippen molar-refractivity contribution >= 4 is 15.8 Å². The van der Waals surface area contributed by atoms with Gasteiger partial charge in [0.1, 0.15) is 11.5 Å². The number of aliphatic hydroxyl groups is 2. The van der Waals surface area contributed by atoms with Gasteiger partial charge in [-0.2, -0.15) is 4.31 Å². The average molecular weight is 712 g/mol. The zero-order valence-electron chi connectivity index (χ0n) is 29.3. The molecule has 2 spiro atoms. The molecular formula is C39H47F2NO7S. The van der Waals surface area contributed by atoms with Gasteiger partial charge in [-0.05, 0) is 86.5 Å². The van der Waals surface area contributed by atoms with Crippen molar-refractivity contribution in [3.8, 4) is 11.5 Å². The summed E-state index contributed by atoms with van der Waals surface area (Å²) in [5.74, 6) is -1.76. The van der Waals surface area contributed by atoms with Crippen LogP contribution in [0.1, 0.15) is 74.7 Å². The molecule has 2 N–H and O–H groups in total. The lowest BCUT2D eigenvalue weighted by atomic mass is 9.32. The highest BCUT2D eigenvalue weighted by atomic mass is 32.2. The van der Waals surface area contributed by atoms with E-state index in [1.54, 1.807) is 18.2 Å². The van der Waals surface area contributed by atoms with E-state index in [1.807, 2.05) is 13.0 Å². The second-order valence-electron chi connectivity index (χ2n) is 16.0. The fraction of sp³-hybridized carbons (Fsp3) is 0.564. The lowest BCUT2D eigenvalue weighted by molar-refractivity contribution is -0.173. The lowest BCUT2D eigenvalue weighted by Gasteiger charge is -2.71. The molecule has 3 fully saturated rings. The Labute approximate surface area is 293 Å². The fourth-order valence-corrected chi connectivity index (χ4v) is 12.0. The Bertz CT molecular complexity index is 1910. The van der Waals surface area contributed by atoms with E-state index < -0.39 is 49.6 Å². The molecule has 8 atom stereocenters. The molecule has 0 amide bonds. The third-order valence-corrected chi connectivity index (χ3v) is 15.1.